The van der Waals surface area contributed by atoms with Gasteiger partial charge in [0.2, 0.25) is 0 Å². The Labute approximate surface area is 188 Å². The number of rotatable bonds is 7. The smallest absolute Gasteiger partial charge is 0.336 e. The summed E-state index contributed by atoms with van der Waals surface area (Å²) in [5, 5.41) is 10.6. The first-order valence-corrected chi connectivity index (χ1v) is 11.4. The highest BCUT2D eigenvalue weighted by Crippen LogP contribution is 2.29. The van der Waals surface area contributed by atoms with Gasteiger partial charge in [0.05, 0.1) is 12.8 Å². The standard InChI is InChI=1S/C25H21N3O3S/c1-2-17-10-11-21-19(14-23(29)31-22(21)13-17)16-32-25-27-26-24(18-7-4-3-5-8-18)28(25)15-20-9-6-12-30-20/h3-14H,2,15-16H2,1H3. The summed E-state index contributed by atoms with van der Waals surface area (Å²) in [6.07, 6.45) is 2.55. The minimum atomic E-state index is -0.344. The van der Waals surface area contributed by atoms with Crippen molar-refractivity contribution >= 4 is 22.7 Å². The van der Waals surface area contributed by atoms with Gasteiger partial charge in [-0.15, -0.1) is 10.2 Å². The lowest BCUT2D eigenvalue weighted by Gasteiger charge is -2.10. The van der Waals surface area contributed by atoms with Gasteiger partial charge in [-0.3, -0.25) is 4.57 Å². The number of hydrogen-bond acceptors (Lipinski definition) is 6. The van der Waals surface area contributed by atoms with E-state index in [1.54, 1.807) is 12.3 Å². The van der Waals surface area contributed by atoms with Gasteiger partial charge in [-0.2, -0.15) is 0 Å². The molecule has 0 aliphatic rings. The quantitative estimate of drug-likeness (QED) is 0.243. The monoisotopic (exact) mass is 443 g/mol. The normalized spacial score (nSPS) is 11.3. The van der Waals surface area contributed by atoms with Gasteiger partial charge in [0.1, 0.15) is 11.3 Å². The van der Waals surface area contributed by atoms with Gasteiger partial charge in [-0.1, -0.05) is 61.2 Å². The predicted octanol–water partition coefficient (Wildman–Crippen LogP) is 5.55. The second-order valence-corrected chi connectivity index (χ2v) is 8.34. The lowest BCUT2D eigenvalue weighted by Crippen LogP contribution is -2.04. The number of nitrogens with zero attached hydrogens (tertiary/aromatic N) is 3. The summed E-state index contributed by atoms with van der Waals surface area (Å²) in [6.45, 7) is 2.60. The topological polar surface area (TPSA) is 74.1 Å². The third-order valence-corrected chi connectivity index (χ3v) is 6.32. The molecule has 3 aromatic heterocycles. The highest BCUT2D eigenvalue weighted by molar-refractivity contribution is 7.98. The van der Waals surface area contributed by atoms with Crippen LogP contribution in [0.1, 0.15) is 23.8 Å². The summed E-state index contributed by atoms with van der Waals surface area (Å²) in [6, 6.07) is 21.4. The number of aryl methyl sites for hydroxylation is 1. The zero-order valence-electron chi connectivity index (χ0n) is 17.5. The molecule has 6 nitrogen and oxygen atoms in total. The summed E-state index contributed by atoms with van der Waals surface area (Å²) in [5.41, 5.74) is 3.31. The van der Waals surface area contributed by atoms with E-state index in [2.05, 4.69) is 23.2 Å². The lowest BCUT2D eigenvalue weighted by molar-refractivity contribution is 0.485. The van der Waals surface area contributed by atoms with Crippen molar-refractivity contribution in [3.63, 3.8) is 0 Å². The van der Waals surface area contributed by atoms with E-state index in [0.29, 0.717) is 17.9 Å². The van der Waals surface area contributed by atoms with E-state index in [-0.39, 0.29) is 5.63 Å². The van der Waals surface area contributed by atoms with Gasteiger partial charge < -0.3 is 8.83 Å². The number of aromatic nitrogens is 3. The maximum Gasteiger partial charge on any atom is 0.336 e. The van der Waals surface area contributed by atoms with E-state index in [1.807, 2.05) is 59.2 Å². The van der Waals surface area contributed by atoms with Gasteiger partial charge in [0.15, 0.2) is 11.0 Å². The van der Waals surface area contributed by atoms with Gasteiger partial charge in [0, 0.05) is 22.8 Å². The summed E-state index contributed by atoms with van der Waals surface area (Å²) in [5.74, 6) is 2.16. The number of hydrogen-bond donors (Lipinski definition) is 0. The second-order valence-electron chi connectivity index (χ2n) is 7.40. The second kappa shape index (κ2) is 8.88. The van der Waals surface area contributed by atoms with Crippen LogP contribution >= 0.6 is 11.8 Å². The van der Waals surface area contributed by atoms with E-state index in [9.17, 15) is 4.79 Å². The minimum Gasteiger partial charge on any atom is -0.467 e. The van der Waals surface area contributed by atoms with E-state index < -0.39 is 0 Å². The molecular weight excluding hydrogens is 422 g/mol. The van der Waals surface area contributed by atoms with Crippen molar-refractivity contribution < 1.29 is 8.83 Å². The highest BCUT2D eigenvalue weighted by atomic mass is 32.2. The molecule has 2 aromatic carbocycles. The molecule has 0 aliphatic heterocycles. The maximum absolute atomic E-state index is 12.2. The van der Waals surface area contributed by atoms with E-state index >= 15 is 0 Å². The average Bonchev–Trinajstić information content (AvgIpc) is 3.48. The fourth-order valence-corrected chi connectivity index (χ4v) is 4.58. The Morgan fingerprint density at radius 2 is 1.88 bits per heavy atom. The van der Waals surface area contributed by atoms with Crippen LogP contribution in [0.25, 0.3) is 22.4 Å². The number of benzene rings is 2. The van der Waals surface area contributed by atoms with Crippen LogP contribution in [0.3, 0.4) is 0 Å². The summed E-state index contributed by atoms with van der Waals surface area (Å²) < 4.78 is 13.1. The van der Waals surface area contributed by atoms with Crippen molar-refractivity contribution in [3.8, 4) is 11.4 Å². The van der Waals surface area contributed by atoms with Crippen molar-refractivity contribution in [2.75, 3.05) is 0 Å². The van der Waals surface area contributed by atoms with Crippen LogP contribution in [0.15, 0.2) is 91.8 Å². The molecule has 5 rings (SSSR count). The molecule has 0 bridgehead atoms. The molecule has 32 heavy (non-hydrogen) atoms. The Bertz CT molecular complexity index is 1410. The molecule has 0 atom stereocenters. The van der Waals surface area contributed by atoms with Crippen LogP contribution in [-0.2, 0) is 18.7 Å². The van der Waals surface area contributed by atoms with E-state index in [0.717, 1.165) is 45.2 Å². The predicted molar refractivity (Wildman–Crippen MR) is 125 cm³/mol. The average molecular weight is 444 g/mol. The van der Waals surface area contributed by atoms with Crippen molar-refractivity contribution in [3.05, 3.63) is 100 Å². The molecule has 0 spiro atoms. The molecule has 0 N–H and O–H groups in total. The molecule has 3 heterocycles. The van der Waals surface area contributed by atoms with Crippen LogP contribution in [-0.4, -0.2) is 14.8 Å². The largest absolute Gasteiger partial charge is 0.467 e. The lowest BCUT2D eigenvalue weighted by atomic mass is 10.1. The first-order chi connectivity index (χ1) is 15.7. The fourth-order valence-electron chi connectivity index (χ4n) is 3.65. The molecule has 0 radical (unpaired) electrons. The van der Waals surface area contributed by atoms with Gasteiger partial charge in [-0.05, 0) is 35.7 Å². The third kappa shape index (κ3) is 4.11. The Balaban J connectivity index is 1.50. The molecule has 0 saturated carbocycles. The van der Waals surface area contributed by atoms with Crippen LogP contribution in [0.2, 0.25) is 0 Å². The molecule has 5 aromatic rings. The zero-order chi connectivity index (χ0) is 21.9. The molecule has 0 aliphatic carbocycles. The summed E-state index contributed by atoms with van der Waals surface area (Å²) in [7, 11) is 0. The van der Waals surface area contributed by atoms with Crippen LogP contribution in [0, 0.1) is 0 Å². The van der Waals surface area contributed by atoms with Crippen molar-refractivity contribution in [2.24, 2.45) is 0 Å². The molecule has 0 amide bonds. The van der Waals surface area contributed by atoms with Crippen LogP contribution in [0.5, 0.6) is 0 Å². The molecule has 0 fully saturated rings. The summed E-state index contributed by atoms with van der Waals surface area (Å²) >= 11 is 1.54. The first-order valence-electron chi connectivity index (χ1n) is 10.4. The molecule has 160 valence electrons. The Hall–Kier alpha value is -3.58. The highest BCUT2D eigenvalue weighted by Gasteiger charge is 2.17. The minimum absolute atomic E-state index is 0.344. The number of furan rings is 1. The van der Waals surface area contributed by atoms with Gasteiger partial charge in [0.25, 0.3) is 0 Å². The summed E-state index contributed by atoms with van der Waals surface area (Å²) in [4.78, 5) is 12.2. The molecular formula is C25H21N3O3S. The molecule has 0 saturated heterocycles. The Morgan fingerprint density at radius 1 is 1.00 bits per heavy atom. The van der Waals surface area contributed by atoms with Crippen molar-refractivity contribution in [1.82, 2.24) is 14.8 Å². The SMILES string of the molecule is CCc1ccc2c(CSc3nnc(-c4ccccc4)n3Cc3ccco3)cc(=O)oc2c1. The third-order valence-electron chi connectivity index (χ3n) is 5.30. The fraction of sp³-hybridized carbons (Fsp3) is 0.160. The Morgan fingerprint density at radius 3 is 2.66 bits per heavy atom. The zero-order valence-corrected chi connectivity index (χ0v) is 18.3. The van der Waals surface area contributed by atoms with Gasteiger partial charge >= 0.3 is 5.63 Å². The van der Waals surface area contributed by atoms with Crippen molar-refractivity contribution in [2.45, 2.75) is 30.8 Å². The van der Waals surface area contributed by atoms with E-state index in [1.165, 1.54) is 11.8 Å². The Kier molecular flexibility index (Phi) is 5.64. The molecule has 7 heteroatoms. The molecule has 0 unspecified atom stereocenters. The van der Waals surface area contributed by atoms with E-state index in [4.69, 9.17) is 8.83 Å². The number of fused-ring (bicyclic) bond motifs is 1. The van der Waals surface area contributed by atoms with Crippen molar-refractivity contribution in [1.29, 1.82) is 0 Å². The van der Waals surface area contributed by atoms with Crippen LogP contribution < -0.4 is 5.63 Å². The van der Waals surface area contributed by atoms with Gasteiger partial charge in [-0.25, -0.2) is 4.79 Å². The number of thioether (sulfide) groups is 1. The maximum atomic E-state index is 12.2. The first kappa shape index (κ1) is 20.3. The van der Waals surface area contributed by atoms with Crippen LogP contribution in [0.4, 0.5) is 0 Å².